The van der Waals surface area contributed by atoms with Crippen molar-refractivity contribution in [3.8, 4) is 5.75 Å². The fourth-order valence-corrected chi connectivity index (χ4v) is 4.06. The second-order valence-corrected chi connectivity index (χ2v) is 7.70. The van der Waals surface area contributed by atoms with Crippen molar-refractivity contribution in [2.45, 2.75) is 40.2 Å². The summed E-state index contributed by atoms with van der Waals surface area (Å²) in [5.41, 5.74) is 2.65. The summed E-state index contributed by atoms with van der Waals surface area (Å²) in [7, 11) is 0. The highest BCUT2D eigenvalue weighted by Crippen LogP contribution is 2.32. The molecule has 0 aliphatic carbocycles. The number of hydrogen-bond donors (Lipinski definition) is 1. The Hall–Kier alpha value is -3.09. The molecule has 0 spiro atoms. The Balaban J connectivity index is 1.46. The molecule has 30 heavy (non-hydrogen) atoms. The molecule has 158 valence electrons. The van der Waals surface area contributed by atoms with E-state index in [-0.39, 0.29) is 11.8 Å². The van der Waals surface area contributed by atoms with E-state index in [1.165, 1.54) is 6.33 Å². The van der Waals surface area contributed by atoms with Gasteiger partial charge < -0.3 is 19.4 Å². The van der Waals surface area contributed by atoms with E-state index in [4.69, 9.17) is 9.15 Å². The van der Waals surface area contributed by atoms with Crippen molar-refractivity contribution in [3.05, 3.63) is 47.5 Å². The summed E-state index contributed by atoms with van der Waals surface area (Å²) in [6, 6.07) is 7.82. The van der Waals surface area contributed by atoms with E-state index in [1.54, 1.807) is 0 Å². The minimum absolute atomic E-state index is 0.0661. The average Bonchev–Trinajstić information content (AvgIpc) is 3.07. The van der Waals surface area contributed by atoms with Gasteiger partial charge in [-0.15, -0.1) is 0 Å². The molecular formula is C23H28N4O3. The summed E-state index contributed by atoms with van der Waals surface area (Å²) in [6.45, 7) is 8.48. The molecule has 4 rings (SSSR count). The predicted molar refractivity (Wildman–Crippen MR) is 116 cm³/mol. The zero-order valence-electron chi connectivity index (χ0n) is 17.8. The zero-order valence-corrected chi connectivity index (χ0v) is 17.8. The molecule has 0 bridgehead atoms. The number of carbonyl (C=O) groups is 1. The summed E-state index contributed by atoms with van der Waals surface area (Å²) in [5, 5.41) is 4.04. The average molecular weight is 409 g/mol. The number of anilines is 1. The highest BCUT2D eigenvalue weighted by Gasteiger charge is 2.28. The van der Waals surface area contributed by atoms with Gasteiger partial charge in [0.15, 0.2) is 0 Å². The summed E-state index contributed by atoms with van der Waals surface area (Å²) in [5.74, 6) is 2.51. The van der Waals surface area contributed by atoms with Crippen LogP contribution in [0.15, 0.2) is 35.0 Å². The normalized spacial score (nSPS) is 16.6. The molecule has 1 aliphatic heterocycles. The van der Waals surface area contributed by atoms with Gasteiger partial charge in [-0.2, -0.15) is 0 Å². The van der Waals surface area contributed by atoms with Crippen molar-refractivity contribution in [1.82, 2.24) is 15.3 Å². The van der Waals surface area contributed by atoms with Crippen molar-refractivity contribution in [2.75, 3.05) is 24.6 Å². The Morgan fingerprint density at radius 1 is 1.30 bits per heavy atom. The standard InChI is InChI=1S/C23H28N4O3/c1-4-29-19-10-6-5-8-17(19)12-24-22(28)18-9-7-11-27(13-18)21-20-15(2)16(3)30-23(20)26-14-25-21/h5-6,8,10,14,18H,4,7,9,11-13H2,1-3H3,(H,24,28)/t18-/m0/s1. The number of amides is 1. The first-order chi connectivity index (χ1) is 14.6. The van der Waals surface area contributed by atoms with Crippen LogP contribution in [0.5, 0.6) is 5.75 Å². The lowest BCUT2D eigenvalue weighted by Gasteiger charge is -2.33. The number of fused-ring (bicyclic) bond motifs is 1. The van der Waals surface area contributed by atoms with Crippen LogP contribution in [0, 0.1) is 19.8 Å². The number of rotatable bonds is 6. The molecule has 1 aromatic carbocycles. The Kier molecular flexibility index (Phi) is 5.88. The van der Waals surface area contributed by atoms with Crippen LogP contribution in [-0.2, 0) is 11.3 Å². The highest BCUT2D eigenvalue weighted by molar-refractivity contribution is 5.90. The number of ether oxygens (including phenoxy) is 1. The van der Waals surface area contributed by atoms with Gasteiger partial charge in [0, 0.05) is 30.8 Å². The second-order valence-electron chi connectivity index (χ2n) is 7.70. The quantitative estimate of drug-likeness (QED) is 0.669. The van der Waals surface area contributed by atoms with Gasteiger partial charge in [0.1, 0.15) is 23.7 Å². The summed E-state index contributed by atoms with van der Waals surface area (Å²) in [6.07, 6.45) is 3.34. The van der Waals surface area contributed by atoms with E-state index in [9.17, 15) is 4.79 Å². The zero-order chi connectivity index (χ0) is 21.1. The van der Waals surface area contributed by atoms with Crippen molar-refractivity contribution in [1.29, 1.82) is 0 Å². The molecule has 1 atom stereocenters. The molecule has 1 aliphatic rings. The number of para-hydroxylation sites is 1. The Morgan fingerprint density at radius 2 is 2.13 bits per heavy atom. The first kappa shape index (κ1) is 20.2. The molecule has 1 amide bonds. The number of hydrogen-bond acceptors (Lipinski definition) is 6. The number of benzene rings is 1. The molecule has 2 aromatic heterocycles. The molecule has 3 aromatic rings. The first-order valence-corrected chi connectivity index (χ1v) is 10.5. The van der Waals surface area contributed by atoms with E-state index in [1.807, 2.05) is 45.0 Å². The van der Waals surface area contributed by atoms with Crippen LogP contribution >= 0.6 is 0 Å². The van der Waals surface area contributed by atoms with Gasteiger partial charge in [-0.1, -0.05) is 18.2 Å². The number of carbonyl (C=O) groups excluding carboxylic acids is 1. The number of piperidine rings is 1. The molecule has 0 saturated carbocycles. The Morgan fingerprint density at radius 3 is 2.97 bits per heavy atom. The molecule has 7 heteroatoms. The van der Waals surface area contributed by atoms with Gasteiger partial charge in [0.25, 0.3) is 0 Å². The molecule has 7 nitrogen and oxygen atoms in total. The number of nitrogens with one attached hydrogen (secondary N) is 1. The van der Waals surface area contributed by atoms with Crippen LogP contribution in [0.4, 0.5) is 5.82 Å². The maximum absolute atomic E-state index is 12.9. The minimum atomic E-state index is -0.0867. The van der Waals surface area contributed by atoms with Crippen LogP contribution in [0.1, 0.15) is 36.7 Å². The highest BCUT2D eigenvalue weighted by atomic mass is 16.5. The van der Waals surface area contributed by atoms with Gasteiger partial charge in [-0.25, -0.2) is 9.97 Å². The Labute approximate surface area is 176 Å². The Bertz CT molecular complexity index is 1050. The molecule has 3 heterocycles. The molecule has 1 saturated heterocycles. The monoisotopic (exact) mass is 408 g/mol. The third kappa shape index (κ3) is 3.97. The lowest BCUT2D eigenvalue weighted by atomic mass is 9.96. The molecule has 0 unspecified atom stereocenters. The van der Waals surface area contributed by atoms with Gasteiger partial charge >= 0.3 is 0 Å². The van der Waals surface area contributed by atoms with E-state index in [0.717, 1.165) is 53.2 Å². The van der Waals surface area contributed by atoms with Crippen LogP contribution in [-0.4, -0.2) is 35.6 Å². The van der Waals surface area contributed by atoms with E-state index < -0.39 is 0 Å². The molecular weight excluding hydrogens is 380 g/mol. The van der Waals surface area contributed by atoms with Crippen molar-refractivity contribution >= 4 is 22.8 Å². The number of aryl methyl sites for hydroxylation is 2. The SMILES string of the molecule is CCOc1ccccc1CNC(=O)[C@H]1CCCN(c2ncnc3oc(C)c(C)c23)C1. The van der Waals surface area contributed by atoms with Crippen molar-refractivity contribution < 1.29 is 13.9 Å². The number of furan rings is 1. The van der Waals surface area contributed by atoms with E-state index in [0.29, 0.717) is 25.4 Å². The second kappa shape index (κ2) is 8.73. The third-order valence-corrected chi connectivity index (χ3v) is 5.76. The smallest absolute Gasteiger partial charge is 0.231 e. The van der Waals surface area contributed by atoms with Crippen LogP contribution in [0.2, 0.25) is 0 Å². The van der Waals surface area contributed by atoms with Gasteiger partial charge in [-0.3, -0.25) is 4.79 Å². The van der Waals surface area contributed by atoms with E-state index >= 15 is 0 Å². The molecule has 1 fully saturated rings. The maximum atomic E-state index is 12.9. The van der Waals surface area contributed by atoms with Crippen LogP contribution in [0.3, 0.4) is 0 Å². The van der Waals surface area contributed by atoms with Gasteiger partial charge in [-0.05, 0) is 39.7 Å². The maximum Gasteiger partial charge on any atom is 0.231 e. The van der Waals surface area contributed by atoms with Crippen LogP contribution in [0.25, 0.3) is 11.1 Å². The summed E-state index contributed by atoms with van der Waals surface area (Å²) < 4.78 is 11.4. The fourth-order valence-electron chi connectivity index (χ4n) is 4.06. The van der Waals surface area contributed by atoms with Crippen LogP contribution < -0.4 is 15.0 Å². The van der Waals surface area contributed by atoms with Crippen molar-refractivity contribution in [2.24, 2.45) is 5.92 Å². The topological polar surface area (TPSA) is 80.5 Å². The lowest BCUT2D eigenvalue weighted by Crippen LogP contribution is -2.43. The fraction of sp³-hybridized carbons (Fsp3) is 0.435. The lowest BCUT2D eigenvalue weighted by molar-refractivity contribution is -0.125. The first-order valence-electron chi connectivity index (χ1n) is 10.5. The molecule has 1 N–H and O–H groups in total. The van der Waals surface area contributed by atoms with Gasteiger partial charge in [0.2, 0.25) is 11.6 Å². The summed E-state index contributed by atoms with van der Waals surface area (Å²) >= 11 is 0. The van der Waals surface area contributed by atoms with Gasteiger partial charge in [0.05, 0.1) is 17.9 Å². The number of nitrogens with zero attached hydrogens (tertiary/aromatic N) is 3. The predicted octanol–water partition coefficient (Wildman–Crippen LogP) is 3.77. The van der Waals surface area contributed by atoms with Crippen molar-refractivity contribution in [3.63, 3.8) is 0 Å². The minimum Gasteiger partial charge on any atom is -0.494 e. The summed E-state index contributed by atoms with van der Waals surface area (Å²) in [4.78, 5) is 23.9. The third-order valence-electron chi connectivity index (χ3n) is 5.76. The molecule has 0 radical (unpaired) electrons. The number of aromatic nitrogens is 2. The largest absolute Gasteiger partial charge is 0.494 e. The van der Waals surface area contributed by atoms with E-state index in [2.05, 4.69) is 20.2 Å².